The van der Waals surface area contributed by atoms with Crippen LogP contribution in [0.25, 0.3) is 0 Å². The predicted molar refractivity (Wildman–Crippen MR) is 98.4 cm³/mol. The molecule has 0 aliphatic carbocycles. The highest BCUT2D eigenvalue weighted by Gasteiger charge is 2.27. The summed E-state index contributed by atoms with van der Waals surface area (Å²) in [4.78, 5) is 24.0. The molecule has 0 aliphatic heterocycles. The molecule has 0 N–H and O–H groups in total. The minimum absolute atomic E-state index is 0.0360. The van der Waals surface area contributed by atoms with Crippen LogP contribution in [0.15, 0.2) is 36.4 Å². The summed E-state index contributed by atoms with van der Waals surface area (Å²) >= 11 is 0. The van der Waals surface area contributed by atoms with Gasteiger partial charge >= 0.3 is 11.9 Å². The molecule has 0 fully saturated rings. The Hall–Kier alpha value is -2.80. The highest BCUT2D eigenvalue weighted by atomic mass is 16.5. The first-order valence-corrected chi connectivity index (χ1v) is 8.63. The molecule has 1 atom stereocenters. The zero-order chi connectivity index (χ0) is 19.8. The van der Waals surface area contributed by atoms with Gasteiger partial charge in [-0.15, -0.1) is 10.2 Å². The van der Waals surface area contributed by atoms with Crippen molar-refractivity contribution < 1.29 is 23.8 Å². The molecular weight excluding hydrogens is 348 g/mol. The van der Waals surface area contributed by atoms with E-state index in [0.29, 0.717) is 18.8 Å². The largest absolute Gasteiger partial charge is 0.464 e. The molecule has 1 heterocycles. The van der Waals surface area contributed by atoms with Gasteiger partial charge in [0.15, 0.2) is 11.4 Å². The quantitative estimate of drug-likeness (QED) is 0.658. The van der Waals surface area contributed by atoms with Crippen LogP contribution in [0.1, 0.15) is 51.9 Å². The summed E-state index contributed by atoms with van der Waals surface area (Å²) in [5.74, 6) is -1.28. The molecule has 0 unspecified atom stereocenters. The van der Waals surface area contributed by atoms with Crippen LogP contribution in [-0.2, 0) is 20.8 Å². The molecule has 0 amide bonds. The van der Waals surface area contributed by atoms with Gasteiger partial charge in [-0.25, -0.2) is 9.59 Å². The van der Waals surface area contributed by atoms with Crippen molar-refractivity contribution in [3.05, 3.63) is 58.9 Å². The van der Waals surface area contributed by atoms with Crippen LogP contribution >= 0.6 is 0 Å². The van der Waals surface area contributed by atoms with Crippen LogP contribution in [0.4, 0.5) is 0 Å². The molecule has 0 saturated heterocycles. The van der Waals surface area contributed by atoms with E-state index in [1.807, 2.05) is 44.2 Å². The van der Waals surface area contributed by atoms with Gasteiger partial charge in [0.2, 0.25) is 0 Å². The molecule has 0 aliphatic rings. The minimum Gasteiger partial charge on any atom is -0.464 e. The Kier molecular flexibility index (Phi) is 7.43. The second-order valence-corrected chi connectivity index (χ2v) is 6.37. The maximum atomic E-state index is 12.1. The third-order valence-electron chi connectivity index (χ3n) is 4.21. The molecule has 27 heavy (non-hydrogen) atoms. The van der Waals surface area contributed by atoms with Crippen molar-refractivity contribution in [3.8, 4) is 0 Å². The van der Waals surface area contributed by atoms with Crippen LogP contribution in [0, 0.1) is 5.92 Å². The number of nitrogens with zero attached hydrogens (tertiary/aromatic N) is 2. The van der Waals surface area contributed by atoms with Gasteiger partial charge in [-0.05, 0) is 23.1 Å². The van der Waals surface area contributed by atoms with E-state index in [9.17, 15) is 9.59 Å². The fourth-order valence-corrected chi connectivity index (χ4v) is 2.67. The zero-order valence-corrected chi connectivity index (χ0v) is 16.0. The number of hydrogen-bond acceptors (Lipinski definition) is 7. The van der Waals surface area contributed by atoms with Crippen molar-refractivity contribution in [1.82, 2.24) is 10.2 Å². The Labute approximate surface area is 158 Å². The molecule has 7 nitrogen and oxygen atoms in total. The average molecular weight is 372 g/mol. The maximum absolute atomic E-state index is 12.1. The number of carbonyl (C=O) groups is 2. The van der Waals surface area contributed by atoms with Gasteiger partial charge in [-0.2, -0.15) is 0 Å². The van der Waals surface area contributed by atoms with E-state index in [4.69, 9.17) is 14.2 Å². The Morgan fingerprint density at radius 2 is 1.67 bits per heavy atom. The van der Waals surface area contributed by atoms with Crippen molar-refractivity contribution in [2.24, 2.45) is 5.92 Å². The summed E-state index contributed by atoms with van der Waals surface area (Å²) in [7, 11) is 2.54. The number of esters is 2. The van der Waals surface area contributed by atoms with E-state index in [1.54, 1.807) is 0 Å². The summed E-state index contributed by atoms with van der Waals surface area (Å²) in [6.45, 7) is 4.81. The second-order valence-electron chi connectivity index (χ2n) is 6.37. The van der Waals surface area contributed by atoms with Crippen LogP contribution < -0.4 is 0 Å². The van der Waals surface area contributed by atoms with Gasteiger partial charge in [-0.3, -0.25) is 0 Å². The summed E-state index contributed by atoms with van der Waals surface area (Å²) in [5, 5.41) is 7.69. The molecule has 1 aromatic heterocycles. The van der Waals surface area contributed by atoms with E-state index >= 15 is 0 Å². The lowest BCUT2D eigenvalue weighted by molar-refractivity contribution is 0.0567. The Balaban J connectivity index is 2.29. The number of methoxy groups -OCH3 is 2. The summed E-state index contributed by atoms with van der Waals surface area (Å²) < 4.78 is 15.4. The third-order valence-corrected chi connectivity index (χ3v) is 4.21. The lowest BCUT2D eigenvalue weighted by atomic mass is 9.88. The summed E-state index contributed by atoms with van der Waals surface area (Å²) in [6.07, 6.45) is 0. The first-order valence-electron chi connectivity index (χ1n) is 8.63. The number of rotatable bonds is 8. The number of hydrogen-bond donors (Lipinski definition) is 0. The molecule has 0 spiro atoms. The maximum Gasteiger partial charge on any atom is 0.358 e. The van der Waals surface area contributed by atoms with Crippen molar-refractivity contribution in [1.29, 1.82) is 0 Å². The van der Waals surface area contributed by atoms with Gasteiger partial charge in [0.05, 0.1) is 27.4 Å². The molecule has 2 rings (SSSR count). The highest BCUT2D eigenvalue weighted by Crippen LogP contribution is 2.28. The van der Waals surface area contributed by atoms with Gasteiger partial charge in [-0.1, -0.05) is 44.2 Å². The van der Waals surface area contributed by atoms with Crippen LogP contribution in [-0.4, -0.2) is 43.0 Å². The second kappa shape index (κ2) is 9.78. The first kappa shape index (κ1) is 20.5. The van der Waals surface area contributed by atoms with Crippen LogP contribution in [0.3, 0.4) is 0 Å². The lowest BCUT2D eigenvalue weighted by Crippen LogP contribution is -2.21. The smallest absolute Gasteiger partial charge is 0.358 e. The van der Waals surface area contributed by atoms with Gasteiger partial charge in [0.1, 0.15) is 0 Å². The lowest BCUT2D eigenvalue weighted by Gasteiger charge is -2.23. The first-order chi connectivity index (χ1) is 13.0. The molecular formula is C20H24N2O5. The van der Waals surface area contributed by atoms with E-state index in [-0.39, 0.29) is 23.2 Å². The number of aromatic nitrogens is 2. The predicted octanol–water partition coefficient (Wildman–Crippen LogP) is 3.01. The number of carbonyl (C=O) groups excluding carboxylic acids is 2. The molecule has 0 radical (unpaired) electrons. The van der Waals surface area contributed by atoms with Gasteiger partial charge in [0.25, 0.3) is 0 Å². The Morgan fingerprint density at radius 1 is 1.00 bits per heavy atom. The zero-order valence-electron chi connectivity index (χ0n) is 16.0. The molecule has 1 aromatic carbocycles. The average Bonchev–Trinajstić information content (AvgIpc) is 2.70. The standard InChI is InChI=1S/C20H24N2O5/c1-13(2)16(12-27-11-14-8-6-5-7-9-14)15-10-17(19(23)25-3)21-22-18(15)20(24)26-4/h5-10,13,16H,11-12H2,1-4H3/t16-/m1/s1. The molecule has 0 saturated carbocycles. The molecule has 144 valence electrons. The Bertz CT molecular complexity index is 777. The number of ether oxygens (including phenoxy) is 3. The minimum atomic E-state index is -0.618. The summed E-state index contributed by atoms with van der Waals surface area (Å²) in [6, 6.07) is 11.3. The topological polar surface area (TPSA) is 87.6 Å². The van der Waals surface area contributed by atoms with Gasteiger partial charge < -0.3 is 14.2 Å². The van der Waals surface area contributed by atoms with E-state index < -0.39 is 11.9 Å². The van der Waals surface area contributed by atoms with E-state index in [2.05, 4.69) is 10.2 Å². The molecule has 7 heteroatoms. The monoisotopic (exact) mass is 372 g/mol. The van der Waals surface area contributed by atoms with Crippen molar-refractivity contribution >= 4 is 11.9 Å². The van der Waals surface area contributed by atoms with E-state index in [0.717, 1.165) is 5.56 Å². The normalized spacial score (nSPS) is 11.9. The van der Waals surface area contributed by atoms with Crippen molar-refractivity contribution in [3.63, 3.8) is 0 Å². The van der Waals surface area contributed by atoms with E-state index in [1.165, 1.54) is 20.3 Å². The Morgan fingerprint density at radius 3 is 2.26 bits per heavy atom. The highest BCUT2D eigenvalue weighted by molar-refractivity contribution is 5.91. The number of benzene rings is 1. The molecule has 0 bridgehead atoms. The third kappa shape index (κ3) is 5.34. The van der Waals surface area contributed by atoms with Crippen LogP contribution in [0.2, 0.25) is 0 Å². The van der Waals surface area contributed by atoms with Crippen LogP contribution in [0.5, 0.6) is 0 Å². The summed E-state index contributed by atoms with van der Waals surface area (Å²) in [5.41, 5.74) is 1.72. The SMILES string of the molecule is COC(=O)c1cc([C@H](COCc2ccccc2)C(C)C)c(C(=O)OC)nn1. The fraction of sp³-hybridized carbons (Fsp3) is 0.400. The van der Waals surface area contributed by atoms with Crippen molar-refractivity contribution in [2.45, 2.75) is 26.4 Å². The fourth-order valence-electron chi connectivity index (χ4n) is 2.67. The van der Waals surface area contributed by atoms with Crippen molar-refractivity contribution in [2.75, 3.05) is 20.8 Å². The van der Waals surface area contributed by atoms with Gasteiger partial charge in [0, 0.05) is 5.92 Å². The molecule has 2 aromatic rings.